The summed E-state index contributed by atoms with van der Waals surface area (Å²) >= 11 is 7.41. The molecule has 2 aromatic carbocycles. The molecule has 0 fully saturated rings. The molecule has 118 valence electrons. The number of rotatable bonds is 3. The topological polar surface area (TPSA) is 34.4 Å². The van der Waals surface area contributed by atoms with Gasteiger partial charge in [0.1, 0.15) is 0 Å². The summed E-state index contributed by atoms with van der Waals surface area (Å²) in [5, 5.41) is 0.667. The fourth-order valence-electron chi connectivity index (χ4n) is 2.43. The highest BCUT2D eigenvalue weighted by Gasteiger charge is 2.06. The van der Waals surface area contributed by atoms with Crippen molar-refractivity contribution in [1.82, 2.24) is 4.57 Å². The maximum atomic E-state index is 12.2. The van der Waals surface area contributed by atoms with E-state index in [1.54, 1.807) is 23.5 Å². The molecular formula is C18H17ClN2OS. The summed E-state index contributed by atoms with van der Waals surface area (Å²) in [5.74, 6) is -0.148. The summed E-state index contributed by atoms with van der Waals surface area (Å²) in [7, 11) is 1.94. The Morgan fingerprint density at radius 2 is 1.87 bits per heavy atom. The Kier molecular flexibility index (Phi) is 4.64. The Balaban J connectivity index is 1.92. The minimum Gasteiger partial charge on any atom is -0.319 e. The first-order chi connectivity index (χ1) is 11.1. The average molecular weight is 345 g/mol. The van der Waals surface area contributed by atoms with Crippen LogP contribution in [-0.2, 0) is 24.7 Å². The lowest BCUT2D eigenvalue weighted by atomic mass is 10.1. The smallest absolute Gasteiger partial charge is 0.252 e. The van der Waals surface area contributed by atoms with Crippen molar-refractivity contribution in [3.05, 3.63) is 63.4 Å². The van der Waals surface area contributed by atoms with E-state index in [2.05, 4.69) is 30.1 Å². The van der Waals surface area contributed by atoms with E-state index in [0.717, 1.165) is 27.0 Å². The molecule has 0 atom stereocenters. The van der Waals surface area contributed by atoms with Crippen LogP contribution >= 0.6 is 22.9 Å². The molecule has 5 heteroatoms. The van der Waals surface area contributed by atoms with Gasteiger partial charge in [0.05, 0.1) is 16.6 Å². The first-order valence-electron chi connectivity index (χ1n) is 7.47. The third kappa shape index (κ3) is 3.54. The number of amides is 1. The summed E-state index contributed by atoms with van der Waals surface area (Å²) in [6.45, 7) is 2.13. The second-order valence-electron chi connectivity index (χ2n) is 5.41. The largest absolute Gasteiger partial charge is 0.319 e. The van der Waals surface area contributed by atoms with Crippen molar-refractivity contribution in [3.63, 3.8) is 0 Å². The Morgan fingerprint density at radius 3 is 2.57 bits per heavy atom. The first-order valence-corrected chi connectivity index (χ1v) is 8.66. The van der Waals surface area contributed by atoms with Gasteiger partial charge >= 0.3 is 0 Å². The van der Waals surface area contributed by atoms with Crippen molar-refractivity contribution in [2.75, 3.05) is 0 Å². The van der Waals surface area contributed by atoms with Gasteiger partial charge in [-0.15, -0.1) is 0 Å². The number of hydrogen-bond donors (Lipinski definition) is 0. The van der Waals surface area contributed by atoms with Gasteiger partial charge in [0.15, 0.2) is 4.80 Å². The minimum atomic E-state index is -0.148. The van der Waals surface area contributed by atoms with Gasteiger partial charge in [0.25, 0.3) is 5.91 Å². The first kappa shape index (κ1) is 16.0. The molecule has 0 saturated carbocycles. The van der Waals surface area contributed by atoms with Crippen LogP contribution in [0, 0.1) is 0 Å². The maximum Gasteiger partial charge on any atom is 0.252 e. The molecule has 0 aliphatic carbocycles. The SMILES string of the molecule is CCc1ccc2c(c1)sc(=NC(=O)Cc1ccc(Cl)cc1)n2C. The number of carbonyl (C=O) groups excluding carboxylic acids is 1. The van der Waals surface area contributed by atoms with E-state index in [-0.39, 0.29) is 12.3 Å². The van der Waals surface area contributed by atoms with Gasteiger partial charge < -0.3 is 4.57 Å². The van der Waals surface area contributed by atoms with E-state index in [4.69, 9.17) is 11.6 Å². The lowest BCUT2D eigenvalue weighted by Crippen LogP contribution is -2.14. The van der Waals surface area contributed by atoms with Crippen LogP contribution in [0.2, 0.25) is 5.02 Å². The average Bonchev–Trinajstić information content (AvgIpc) is 2.85. The molecular weight excluding hydrogens is 328 g/mol. The van der Waals surface area contributed by atoms with Gasteiger partial charge in [0, 0.05) is 12.1 Å². The fraction of sp³-hybridized carbons (Fsp3) is 0.222. The van der Waals surface area contributed by atoms with Gasteiger partial charge in [-0.25, -0.2) is 0 Å². The highest BCUT2D eigenvalue weighted by atomic mass is 35.5. The molecule has 3 rings (SSSR count). The lowest BCUT2D eigenvalue weighted by Gasteiger charge is -1.98. The quantitative estimate of drug-likeness (QED) is 0.703. The molecule has 3 aromatic rings. The Bertz CT molecular complexity index is 922. The summed E-state index contributed by atoms with van der Waals surface area (Å²) in [4.78, 5) is 17.2. The van der Waals surface area contributed by atoms with Crippen LogP contribution in [0.5, 0.6) is 0 Å². The number of benzene rings is 2. The molecule has 1 aromatic heterocycles. The molecule has 0 radical (unpaired) electrons. The van der Waals surface area contributed by atoms with Crippen molar-refractivity contribution in [1.29, 1.82) is 0 Å². The number of halogens is 1. The molecule has 23 heavy (non-hydrogen) atoms. The Morgan fingerprint density at radius 1 is 1.17 bits per heavy atom. The standard InChI is InChI=1S/C18H17ClN2OS/c1-3-12-6-9-15-16(10-12)23-18(21(15)2)20-17(22)11-13-4-7-14(19)8-5-13/h4-10H,3,11H2,1-2H3. The number of hydrogen-bond acceptors (Lipinski definition) is 2. The zero-order valence-electron chi connectivity index (χ0n) is 13.0. The predicted molar refractivity (Wildman–Crippen MR) is 95.9 cm³/mol. The van der Waals surface area contributed by atoms with Crippen LogP contribution in [0.15, 0.2) is 47.5 Å². The van der Waals surface area contributed by atoms with E-state index >= 15 is 0 Å². The normalized spacial score (nSPS) is 12.0. The number of nitrogens with zero attached hydrogens (tertiary/aromatic N) is 2. The lowest BCUT2D eigenvalue weighted by molar-refractivity contribution is -0.117. The number of fused-ring (bicyclic) bond motifs is 1. The molecule has 0 saturated heterocycles. The van der Waals surface area contributed by atoms with Crippen molar-refractivity contribution >= 4 is 39.1 Å². The highest BCUT2D eigenvalue weighted by Crippen LogP contribution is 2.18. The predicted octanol–water partition coefficient (Wildman–Crippen LogP) is 4.13. The molecule has 1 amide bonds. The van der Waals surface area contributed by atoms with Crippen LogP contribution in [0.25, 0.3) is 10.2 Å². The molecule has 0 aliphatic heterocycles. The minimum absolute atomic E-state index is 0.148. The van der Waals surface area contributed by atoms with E-state index in [0.29, 0.717) is 5.02 Å². The summed E-state index contributed by atoms with van der Waals surface area (Å²) in [6.07, 6.45) is 1.28. The molecule has 0 unspecified atom stereocenters. The monoisotopic (exact) mass is 344 g/mol. The second kappa shape index (κ2) is 6.69. The molecule has 1 heterocycles. The third-order valence-corrected chi connectivity index (χ3v) is 5.12. The molecule has 0 spiro atoms. The number of aromatic nitrogens is 1. The summed E-state index contributed by atoms with van der Waals surface area (Å²) in [5.41, 5.74) is 3.31. The zero-order chi connectivity index (χ0) is 16.4. The van der Waals surface area contributed by atoms with Gasteiger partial charge in [-0.3, -0.25) is 4.79 Å². The summed E-state index contributed by atoms with van der Waals surface area (Å²) in [6, 6.07) is 13.7. The molecule has 0 N–H and O–H groups in total. The van der Waals surface area contributed by atoms with Crippen LogP contribution in [0.1, 0.15) is 18.1 Å². The highest BCUT2D eigenvalue weighted by molar-refractivity contribution is 7.16. The van der Waals surface area contributed by atoms with Crippen molar-refractivity contribution in [3.8, 4) is 0 Å². The zero-order valence-corrected chi connectivity index (χ0v) is 14.6. The van der Waals surface area contributed by atoms with Crippen molar-refractivity contribution < 1.29 is 4.79 Å². The van der Waals surface area contributed by atoms with Crippen LogP contribution in [0.4, 0.5) is 0 Å². The Hall–Kier alpha value is -1.91. The van der Waals surface area contributed by atoms with Gasteiger partial charge in [-0.05, 0) is 41.8 Å². The molecule has 0 aliphatic rings. The van der Waals surface area contributed by atoms with E-state index < -0.39 is 0 Å². The molecule has 3 nitrogen and oxygen atoms in total. The van der Waals surface area contributed by atoms with E-state index in [1.807, 2.05) is 23.7 Å². The molecule has 0 bridgehead atoms. The summed E-state index contributed by atoms with van der Waals surface area (Å²) < 4.78 is 3.13. The van der Waals surface area contributed by atoms with Crippen LogP contribution in [-0.4, -0.2) is 10.5 Å². The fourth-order valence-corrected chi connectivity index (χ4v) is 3.65. The third-order valence-electron chi connectivity index (χ3n) is 3.77. The van der Waals surface area contributed by atoms with Crippen LogP contribution in [0.3, 0.4) is 0 Å². The number of carbonyl (C=O) groups is 1. The van der Waals surface area contributed by atoms with Gasteiger partial charge in [0.2, 0.25) is 0 Å². The van der Waals surface area contributed by atoms with Crippen LogP contribution < -0.4 is 4.80 Å². The number of thiazole rings is 1. The number of aryl methyl sites for hydroxylation is 2. The van der Waals surface area contributed by atoms with Crippen molar-refractivity contribution in [2.45, 2.75) is 19.8 Å². The van der Waals surface area contributed by atoms with E-state index in [1.165, 1.54) is 5.56 Å². The second-order valence-corrected chi connectivity index (χ2v) is 6.85. The van der Waals surface area contributed by atoms with E-state index in [9.17, 15) is 4.79 Å². The Labute approximate surface area is 143 Å². The van der Waals surface area contributed by atoms with Crippen molar-refractivity contribution in [2.24, 2.45) is 12.0 Å². The maximum absolute atomic E-state index is 12.2. The van der Waals surface area contributed by atoms with Gasteiger partial charge in [-0.1, -0.05) is 48.1 Å². The van der Waals surface area contributed by atoms with Gasteiger partial charge in [-0.2, -0.15) is 4.99 Å².